The largest absolute Gasteiger partial charge is 0.315 e. The van der Waals surface area contributed by atoms with Crippen LogP contribution in [0.5, 0.6) is 0 Å². The lowest BCUT2D eigenvalue weighted by molar-refractivity contribution is 0.596. The van der Waals surface area contributed by atoms with Gasteiger partial charge in [0.25, 0.3) is 0 Å². The quantitative estimate of drug-likeness (QED) is 0.739. The first kappa shape index (κ1) is 11.2. The van der Waals surface area contributed by atoms with Crippen LogP contribution in [0.1, 0.15) is 30.7 Å². The third-order valence-electron chi connectivity index (χ3n) is 3.13. The summed E-state index contributed by atoms with van der Waals surface area (Å²) in [5.74, 6) is 0.949. The normalized spacial score (nSPS) is 16.7. The van der Waals surface area contributed by atoms with E-state index in [0.29, 0.717) is 0 Å². The van der Waals surface area contributed by atoms with Gasteiger partial charge in [-0.1, -0.05) is 43.2 Å². The van der Waals surface area contributed by atoms with Crippen molar-refractivity contribution in [2.45, 2.75) is 25.2 Å². The minimum atomic E-state index is -0.0135. The third kappa shape index (κ3) is 3.36. The molecule has 0 bridgehead atoms. The standard InChI is InChI=1S/C14H18N2/c15-10-14(13-4-2-1-3-5-13)11-16-9-8-12-6-7-12/h1-5,12,14,16H,6-9,11H2. The van der Waals surface area contributed by atoms with Crippen LogP contribution in [0.25, 0.3) is 0 Å². The van der Waals surface area contributed by atoms with Crippen LogP contribution < -0.4 is 5.32 Å². The van der Waals surface area contributed by atoms with E-state index in [-0.39, 0.29) is 5.92 Å². The Morgan fingerprint density at radius 2 is 2.06 bits per heavy atom. The predicted molar refractivity (Wildman–Crippen MR) is 65.0 cm³/mol. The van der Waals surface area contributed by atoms with Gasteiger partial charge in [-0.15, -0.1) is 0 Å². The molecule has 0 heterocycles. The molecule has 0 amide bonds. The molecule has 1 unspecified atom stereocenters. The Bertz CT molecular complexity index is 349. The number of nitrogens with zero attached hydrogens (tertiary/aromatic N) is 1. The molecule has 0 radical (unpaired) electrons. The Labute approximate surface area is 97.3 Å². The van der Waals surface area contributed by atoms with E-state index in [1.54, 1.807) is 0 Å². The average molecular weight is 214 g/mol. The zero-order valence-electron chi connectivity index (χ0n) is 9.52. The molecule has 84 valence electrons. The monoisotopic (exact) mass is 214 g/mol. The van der Waals surface area contributed by atoms with E-state index in [2.05, 4.69) is 11.4 Å². The summed E-state index contributed by atoms with van der Waals surface area (Å²) in [5.41, 5.74) is 1.11. The first-order chi connectivity index (χ1) is 7.90. The summed E-state index contributed by atoms with van der Waals surface area (Å²) < 4.78 is 0. The highest BCUT2D eigenvalue weighted by molar-refractivity contribution is 5.24. The zero-order valence-corrected chi connectivity index (χ0v) is 9.52. The molecular weight excluding hydrogens is 196 g/mol. The molecule has 1 fully saturated rings. The first-order valence-corrected chi connectivity index (χ1v) is 6.05. The summed E-state index contributed by atoms with van der Waals surface area (Å²) in [4.78, 5) is 0. The van der Waals surface area contributed by atoms with Crippen molar-refractivity contribution < 1.29 is 0 Å². The molecule has 1 aliphatic rings. The van der Waals surface area contributed by atoms with Crippen LogP contribution in [0.3, 0.4) is 0 Å². The SMILES string of the molecule is N#CC(CNCCC1CC1)c1ccccc1. The highest BCUT2D eigenvalue weighted by atomic mass is 14.9. The molecule has 0 aromatic heterocycles. The van der Waals surface area contributed by atoms with E-state index in [1.807, 2.05) is 30.3 Å². The Kier molecular flexibility index (Phi) is 3.96. The molecule has 2 nitrogen and oxygen atoms in total. The lowest BCUT2D eigenvalue weighted by Crippen LogP contribution is -2.22. The molecule has 2 heteroatoms. The maximum absolute atomic E-state index is 9.11. The van der Waals surface area contributed by atoms with E-state index in [0.717, 1.165) is 24.6 Å². The number of hydrogen-bond acceptors (Lipinski definition) is 2. The fourth-order valence-corrected chi connectivity index (χ4v) is 1.88. The van der Waals surface area contributed by atoms with Crippen molar-refractivity contribution in [2.75, 3.05) is 13.1 Å². The van der Waals surface area contributed by atoms with Crippen molar-refractivity contribution >= 4 is 0 Å². The smallest absolute Gasteiger partial charge is 0.0837 e. The second-order valence-electron chi connectivity index (χ2n) is 4.53. The van der Waals surface area contributed by atoms with Crippen molar-refractivity contribution in [3.8, 4) is 6.07 Å². The molecule has 1 N–H and O–H groups in total. The number of rotatable bonds is 6. The van der Waals surface area contributed by atoms with Gasteiger partial charge in [0.1, 0.15) is 0 Å². The summed E-state index contributed by atoms with van der Waals surface area (Å²) in [6.45, 7) is 1.82. The fourth-order valence-electron chi connectivity index (χ4n) is 1.88. The van der Waals surface area contributed by atoms with Gasteiger partial charge in [0.05, 0.1) is 12.0 Å². The molecule has 1 atom stereocenters. The van der Waals surface area contributed by atoms with Crippen molar-refractivity contribution in [1.29, 1.82) is 5.26 Å². The molecule has 1 aliphatic carbocycles. The zero-order chi connectivity index (χ0) is 11.2. The lowest BCUT2D eigenvalue weighted by atomic mass is 10.0. The Hall–Kier alpha value is -1.33. The van der Waals surface area contributed by atoms with Crippen LogP contribution in [-0.2, 0) is 0 Å². The van der Waals surface area contributed by atoms with Crippen LogP contribution in [0.2, 0.25) is 0 Å². The van der Waals surface area contributed by atoms with Crippen molar-refractivity contribution in [2.24, 2.45) is 5.92 Å². The molecule has 0 aliphatic heterocycles. The number of benzene rings is 1. The number of nitrogens with one attached hydrogen (secondary N) is 1. The van der Waals surface area contributed by atoms with Gasteiger partial charge < -0.3 is 5.32 Å². The second-order valence-corrected chi connectivity index (χ2v) is 4.53. The second kappa shape index (κ2) is 5.67. The lowest BCUT2D eigenvalue weighted by Gasteiger charge is -2.10. The molecule has 0 saturated heterocycles. The maximum Gasteiger partial charge on any atom is 0.0837 e. The van der Waals surface area contributed by atoms with Gasteiger partial charge in [0, 0.05) is 6.54 Å². The Balaban J connectivity index is 1.75. The van der Waals surface area contributed by atoms with E-state index >= 15 is 0 Å². The van der Waals surface area contributed by atoms with Gasteiger partial charge in [-0.25, -0.2) is 0 Å². The van der Waals surface area contributed by atoms with Crippen molar-refractivity contribution in [1.82, 2.24) is 5.32 Å². The molecular formula is C14H18N2. The number of hydrogen-bond donors (Lipinski definition) is 1. The minimum absolute atomic E-state index is 0.0135. The van der Waals surface area contributed by atoms with Gasteiger partial charge in [-0.3, -0.25) is 0 Å². The average Bonchev–Trinajstić information content (AvgIpc) is 3.14. The Morgan fingerprint density at radius 1 is 1.31 bits per heavy atom. The van der Waals surface area contributed by atoms with Crippen molar-refractivity contribution in [3.05, 3.63) is 35.9 Å². The summed E-state index contributed by atoms with van der Waals surface area (Å²) in [6.07, 6.45) is 4.08. The highest BCUT2D eigenvalue weighted by Gasteiger charge is 2.20. The summed E-state index contributed by atoms with van der Waals surface area (Å²) in [5, 5.41) is 12.5. The third-order valence-corrected chi connectivity index (χ3v) is 3.13. The molecule has 0 spiro atoms. The van der Waals surface area contributed by atoms with Crippen LogP contribution in [0, 0.1) is 17.2 Å². The van der Waals surface area contributed by atoms with Crippen LogP contribution in [-0.4, -0.2) is 13.1 Å². The number of nitriles is 1. The molecule has 1 aromatic rings. The summed E-state index contributed by atoms with van der Waals surface area (Å²) in [6, 6.07) is 12.4. The highest BCUT2D eigenvalue weighted by Crippen LogP contribution is 2.31. The molecule has 1 aromatic carbocycles. The fraction of sp³-hybridized carbons (Fsp3) is 0.500. The molecule has 16 heavy (non-hydrogen) atoms. The minimum Gasteiger partial charge on any atom is -0.315 e. The van der Waals surface area contributed by atoms with Gasteiger partial charge in [0.2, 0.25) is 0 Å². The maximum atomic E-state index is 9.11. The molecule has 1 saturated carbocycles. The molecule has 2 rings (SSSR count). The van der Waals surface area contributed by atoms with Gasteiger partial charge >= 0.3 is 0 Å². The first-order valence-electron chi connectivity index (χ1n) is 6.05. The van der Waals surface area contributed by atoms with E-state index < -0.39 is 0 Å². The van der Waals surface area contributed by atoms with E-state index in [1.165, 1.54) is 19.3 Å². The Morgan fingerprint density at radius 3 is 2.69 bits per heavy atom. The van der Waals surface area contributed by atoms with Gasteiger partial charge in [0.15, 0.2) is 0 Å². The van der Waals surface area contributed by atoms with E-state index in [9.17, 15) is 0 Å². The van der Waals surface area contributed by atoms with Crippen molar-refractivity contribution in [3.63, 3.8) is 0 Å². The summed E-state index contributed by atoms with van der Waals surface area (Å²) in [7, 11) is 0. The van der Waals surface area contributed by atoms with Crippen LogP contribution in [0.15, 0.2) is 30.3 Å². The predicted octanol–water partition coefficient (Wildman–Crippen LogP) is 2.68. The van der Waals surface area contributed by atoms with Gasteiger partial charge in [-0.05, 0) is 24.4 Å². The van der Waals surface area contributed by atoms with Crippen LogP contribution in [0.4, 0.5) is 0 Å². The van der Waals surface area contributed by atoms with Crippen LogP contribution >= 0.6 is 0 Å². The van der Waals surface area contributed by atoms with E-state index in [4.69, 9.17) is 5.26 Å². The van der Waals surface area contributed by atoms with Gasteiger partial charge in [-0.2, -0.15) is 5.26 Å². The summed E-state index contributed by atoms with van der Waals surface area (Å²) >= 11 is 0. The topological polar surface area (TPSA) is 35.8 Å².